The number of fused-ring (bicyclic) bond motifs is 1. The smallest absolute Gasteiger partial charge is 0.315 e. The van der Waals surface area contributed by atoms with Gasteiger partial charge in [-0.3, -0.25) is 9.59 Å². The maximum absolute atomic E-state index is 12.0. The van der Waals surface area contributed by atoms with Crippen LogP contribution in [0.2, 0.25) is 0 Å². The summed E-state index contributed by atoms with van der Waals surface area (Å²) >= 11 is 1.89. The van der Waals surface area contributed by atoms with Crippen molar-refractivity contribution in [2.75, 3.05) is 58.5 Å². The summed E-state index contributed by atoms with van der Waals surface area (Å²) in [7, 11) is 0. The summed E-state index contributed by atoms with van der Waals surface area (Å²) in [6.45, 7) is 3.28. The van der Waals surface area contributed by atoms with Crippen molar-refractivity contribution < 1.29 is 28.6 Å². The van der Waals surface area contributed by atoms with E-state index in [0.29, 0.717) is 75.7 Å². The molecule has 2 aliphatic heterocycles. The number of carbonyl (C=O) groups excluding carboxylic acids is 3. The summed E-state index contributed by atoms with van der Waals surface area (Å²) < 4.78 is 16.3. The van der Waals surface area contributed by atoms with Gasteiger partial charge in [-0.1, -0.05) is 23.7 Å². The average molecular weight is 564 g/mol. The van der Waals surface area contributed by atoms with Gasteiger partial charge in [0.15, 0.2) is 0 Å². The van der Waals surface area contributed by atoms with E-state index in [1.807, 2.05) is 11.8 Å². The molecule has 0 radical (unpaired) electrons. The minimum absolute atomic E-state index is 0.0270. The lowest BCUT2D eigenvalue weighted by molar-refractivity contribution is -0.121. The molecule has 214 valence electrons. The van der Waals surface area contributed by atoms with Crippen LogP contribution in [-0.2, 0) is 19.0 Å². The molecule has 4 amide bonds. The number of urea groups is 1. The predicted molar refractivity (Wildman–Crippen MR) is 147 cm³/mol. The molecule has 0 saturated carbocycles. The Hall–Kier alpha value is -3.03. The van der Waals surface area contributed by atoms with E-state index >= 15 is 0 Å². The van der Waals surface area contributed by atoms with E-state index in [9.17, 15) is 14.4 Å². The molecule has 1 aromatic rings. The second-order valence-corrected chi connectivity index (χ2v) is 10.3. The van der Waals surface area contributed by atoms with Crippen molar-refractivity contribution in [3.8, 4) is 0 Å². The van der Waals surface area contributed by atoms with Crippen molar-refractivity contribution in [1.82, 2.24) is 21.3 Å². The number of benzene rings is 1. The number of azide groups is 1. The van der Waals surface area contributed by atoms with Gasteiger partial charge in [0.1, 0.15) is 0 Å². The molecule has 3 rings (SSSR count). The molecule has 13 nitrogen and oxygen atoms in total. The van der Waals surface area contributed by atoms with Crippen LogP contribution in [0, 0.1) is 0 Å². The van der Waals surface area contributed by atoms with Crippen LogP contribution in [0.1, 0.15) is 36.0 Å². The van der Waals surface area contributed by atoms with E-state index in [1.54, 1.807) is 24.3 Å². The Morgan fingerprint density at radius 3 is 2.33 bits per heavy atom. The quantitative estimate of drug-likeness (QED) is 0.0656. The summed E-state index contributed by atoms with van der Waals surface area (Å²) in [5, 5.41) is 15.4. The molecule has 0 bridgehead atoms. The highest BCUT2D eigenvalue weighted by atomic mass is 32.2. The number of amides is 4. The maximum Gasteiger partial charge on any atom is 0.315 e. The number of unbranched alkanes of at least 4 members (excludes halogenated alkanes) is 1. The molecule has 3 atom stereocenters. The Morgan fingerprint density at radius 1 is 0.974 bits per heavy atom. The van der Waals surface area contributed by atoms with Gasteiger partial charge in [-0.2, -0.15) is 11.8 Å². The van der Waals surface area contributed by atoms with Crippen molar-refractivity contribution in [1.29, 1.82) is 0 Å². The van der Waals surface area contributed by atoms with Gasteiger partial charge in [-0.25, -0.2) is 4.79 Å². The van der Waals surface area contributed by atoms with Crippen LogP contribution in [0.15, 0.2) is 29.4 Å². The van der Waals surface area contributed by atoms with E-state index in [4.69, 9.17) is 19.7 Å². The van der Waals surface area contributed by atoms with Crippen molar-refractivity contribution in [2.45, 2.75) is 43.0 Å². The fraction of sp³-hybridized carbons (Fsp3) is 0.640. The summed E-state index contributed by atoms with van der Waals surface area (Å²) in [5.41, 5.74) is 9.32. The SMILES string of the molecule is [N-]=[N+]=Nc1ccc(C(=O)NCCOCCOCCOCCNC(=O)CCCC[C@@H]2SC[C@@H]3NC(=O)N[C@@H]32)cc1. The molecule has 4 N–H and O–H groups in total. The van der Waals surface area contributed by atoms with Gasteiger partial charge < -0.3 is 35.5 Å². The summed E-state index contributed by atoms with van der Waals surface area (Å²) in [6, 6.07) is 6.73. The molecule has 2 aliphatic rings. The number of hydrogen-bond donors (Lipinski definition) is 4. The Bertz CT molecular complexity index is 976. The third kappa shape index (κ3) is 11.3. The molecular formula is C25H37N7O6S. The molecule has 39 heavy (non-hydrogen) atoms. The fourth-order valence-electron chi connectivity index (χ4n) is 4.24. The van der Waals surface area contributed by atoms with E-state index in [1.165, 1.54) is 0 Å². The van der Waals surface area contributed by atoms with Gasteiger partial charge in [0.05, 0.1) is 51.7 Å². The van der Waals surface area contributed by atoms with E-state index in [-0.39, 0.29) is 29.9 Å². The molecule has 14 heteroatoms. The van der Waals surface area contributed by atoms with Crippen LogP contribution in [0.3, 0.4) is 0 Å². The van der Waals surface area contributed by atoms with Gasteiger partial charge in [0.2, 0.25) is 5.91 Å². The van der Waals surface area contributed by atoms with Crippen molar-refractivity contribution in [2.24, 2.45) is 5.11 Å². The molecule has 1 aromatic carbocycles. The first-order valence-electron chi connectivity index (χ1n) is 13.2. The number of carbonyl (C=O) groups is 3. The Balaban J connectivity index is 1.05. The molecule has 2 saturated heterocycles. The van der Waals surface area contributed by atoms with Crippen molar-refractivity contribution in [3.63, 3.8) is 0 Å². The number of nitrogens with zero attached hydrogens (tertiary/aromatic N) is 3. The van der Waals surface area contributed by atoms with Gasteiger partial charge >= 0.3 is 6.03 Å². The molecule has 2 heterocycles. The topological polar surface area (TPSA) is 176 Å². The zero-order valence-corrected chi connectivity index (χ0v) is 22.7. The summed E-state index contributed by atoms with van der Waals surface area (Å²) in [6.07, 6.45) is 3.29. The molecular weight excluding hydrogens is 526 g/mol. The van der Waals surface area contributed by atoms with Crippen LogP contribution in [0.5, 0.6) is 0 Å². The highest BCUT2D eigenvalue weighted by Crippen LogP contribution is 2.33. The van der Waals surface area contributed by atoms with E-state index < -0.39 is 0 Å². The van der Waals surface area contributed by atoms with Crippen molar-refractivity contribution >= 4 is 35.3 Å². The van der Waals surface area contributed by atoms with Gasteiger partial charge in [0, 0.05) is 46.7 Å². The second kappa shape index (κ2) is 17.5. The highest BCUT2D eigenvalue weighted by molar-refractivity contribution is 8.00. The van der Waals surface area contributed by atoms with Gasteiger partial charge in [0.25, 0.3) is 5.91 Å². The lowest BCUT2D eigenvalue weighted by Crippen LogP contribution is -2.36. The minimum atomic E-state index is -0.230. The average Bonchev–Trinajstić information content (AvgIpc) is 3.49. The fourth-order valence-corrected chi connectivity index (χ4v) is 5.78. The molecule has 0 unspecified atom stereocenters. The molecule has 0 aliphatic carbocycles. The standard InChI is InChI=1S/C25H37N7O6S/c26-32-31-19-7-5-18(6-8-19)24(34)28-10-12-37-14-16-38-15-13-36-11-9-27-22(33)4-2-1-3-21-23-20(17-39-21)29-25(35)30-23/h5-8,20-21,23H,1-4,9-17H2,(H,27,33)(H,28,34)(H2,29,30,35)/t20-,21-,23-/m0/s1. The van der Waals surface area contributed by atoms with Crippen LogP contribution >= 0.6 is 11.8 Å². The first kappa shape index (κ1) is 30.5. The number of ether oxygens (including phenoxy) is 3. The first-order chi connectivity index (χ1) is 19.1. The Labute approximate surface area is 232 Å². The van der Waals surface area contributed by atoms with E-state index in [2.05, 4.69) is 31.3 Å². The monoisotopic (exact) mass is 563 g/mol. The predicted octanol–water partition coefficient (Wildman–Crippen LogP) is 2.25. The zero-order chi connectivity index (χ0) is 27.7. The van der Waals surface area contributed by atoms with Crippen LogP contribution in [-0.4, -0.2) is 93.7 Å². The highest BCUT2D eigenvalue weighted by Gasteiger charge is 2.42. The maximum atomic E-state index is 12.0. The normalized spacial score (nSPS) is 19.5. The largest absolute Gasteiger partial charge is 0.377 e. The number of thioether (sulfide) groups is 1. The number of hydrogen-bond acceptors (Lipinski definition) is 8. The zero-order valence-electron chi connectivity index (χ0n) is 21.9. The lowest BCUT2D eigenvalue weighted by Gasteiger charge is -2.16. The van der Waals surface area contributed by atoms with Crippen LogP contribution in [0.25, 0.3) is 10.4 Å². The minimum Gasteiger partial charge on any atom is -0.377 e. The molecule has 0 spiro atoms. The molecule has 2 fully saturated rings. The number of rotatable bonds is 19. The van der Waals surface area contributed by atoms with Crippen molar-refractivity contribution in [3.05, 3.63) is 40.3 Å². The van der Waals surface area contributed by atoms with E-state index in [0.717, 1.165) is 25.0 Å². The van der Waals surface area contributed by atoms with Crippen LogP contribution in [0.4, 0.5) is 10.5 Å². The van der Waals surface area contributed by atoms with Crippen LogP contribution < -0.4 is 21.3 Å². The Kier molecular flexibility index (Phi) is 13.7. The Morgan fingerprint density at radius 2 is 1.64 bits per heavy atom. The molecule has 0 aromatic heterocycles. The second-order valence-electron chi connectivity index (χ2n) is 9.05. The first-order valence-corrected chi connectivity index (χ1v) is 14.2. The summed E-state index contributed by atoms with van der Waals surface area (Å²) in [5.74, 6) is 0.750. The van der Waals surface area contributed by atoms with Gasteiger partial charge in [-0.05, 0) is 30.5 Å². The lowest BCUT2D eigenvalue weighted by atomic mass is 10.0. The number of nitrogens with one attached hydrogen (secondary N) is 4. The third-order valence-electron chi connectivity index (χ3n) is 6.21. The third-order valence-corrected chi connectivity index (χ3v) is 7.72. The van der Waals surface area contributed by atoms with Gasteiger partial charge in [-0.15, -0.1) is 0 Å². The summed E-state index contributed by atoms with van der Waals surface area (Å²) in [4.78, 5) is 38.1.